The molecule has 1 N–H and O–H groups in total. The van der Waals surface area contributed by atoms with Crippen molar-refractivity contribution >= 4 is 23.2 Å². The van der Waals surface area contributed by atoms with Crippen LogP contribution < -0.4 is 0 Å². The van der Waals surface area contributed by atoms with Crippen molar-refractivity contribution in [1.29, 1.82) is 0 Å². The van der Waals surface area contributed by atoms with Crippen LogP contribution in [0.15, 0.2) is 22.4 Å². The maximum Gasteiger partial charge on any atom is 0.133 e. The van der Waals surface area contributed by atoms with E-state index in [1.165, 1.54) is 5.57 Å². The predicted molar refractivity (Wildman–Crippen MR) is 67.7 cm³/mol. The van der Waals surface area contributed by atoms with Crippen molar-refractivity contribution in [3.8, 4) is 0 Å². The molecule has 1 aliphatic rings. The second kappa shape index (κ2) is 5.95. The summed E-state index contributed by atoms with van der Waals surface area (Å²) < 4.78 is 5.42. The summed E-state index contributed by atoms with van der Waals surface area (Å²) in [6.45, 7) is 6.11. The van der Waals surface area contributed by atoms with Crippen LogP contribution in [0.4, 0.5) is 0 Å². The Kier molecular flexibility index (Phi) is 5.16. The molecule has 0 saturated carbocycles. The molecule has 2 atom stereocenters. The van der Waals surface area contributed by atoms with Crippen LogP contribution in [-0.4, -0.2) is 23.2 Å². The molecule has 16 heavy (non-hydrogen) atoms. The smallest absolute Gasteiger partial charge is 0.133 e. The molecule has 0 aromatic rings. The zero-order valence-corrected chi connectivity index (χ0v) is 11.3. The number of ether oxygens (including phenoxy) is 1. The zero-order chi connectivity index (χ0) is 12.3. The van der Waals surface area contributed by atoms with Crippen LogP contribution in [0.25, 0.3) is 0 Å². The third-order valence-electron chi connectivity index (χ3n) is 2.47. The van der Waals surface area contributed by atoms with Gasteiger partial charge in [0.15, 0.2) is 0 Å². The minimum atomic E-state index is -0.517. The summed E-state index contributed by atoms with van der Waals surface area (Å²) in [7, 11) is 0. The van der Waals surface area contributed by atoms with Crippen LogP contribution >= 0.6 is 23.2 Å². The lowest BCUT2D eigenvalue weighted by molar-refractivity contribution is 0.0801. The van der Waals surface area contributed by atoms with Gasteiger partial charge in [0.05, 0.1) is 16.5 Å². The Balaban J connectivity index is 2.78. The lowest BCUT2D eigenvalue weighted by atomic mass is 9.94. The summed E-state index contributed by atoms with van der Waals surface area (Å²) in [5, 5.41) is 9.47. The molecule has 2 nitrogen and oxygen atoms in total. The van der Waals surface area contributed by atoms with Crippen molar-refractivity contribution in [1.82, 2.24) is 0 Å². The van der Waals surface area contributed by atoms with Crippen molar-refractivity contribution in [3.05, 3.63) is 22.4 Å². The van der Waals surface area contributed by atoms with Crippen LogP contribution in [0, 0.1) is 5.92 Å². The molecule has 0 aliphatic heterocycles. The molecule has 0 bridgehead atoms. The first-order valence-electron chi connectivity index (χ1n) is 5.46. The summed E-state index contributed by atoms with van der Waals surface area (Å²) >= 11 is 12.3. The largest absolute Gasteiger partial charge is 0.492 e. The van der Waals surface area contributed by atoms with Crippen LogP contribution in [-0.2, 0) is 4.74 Å². The van der Waals surface area contributed by atoms with Crippen molar-refractivity contribution in [2.75, 3.05) is 6.61 Å². The average molecular weight is 265 g/mol. The predicted octanol–water partition coefficient (Wildman–Crippen LogP) is 3.43. The molecule has 0 saturated heterocycles. The third-order valence-corrected chi connectivity index (χ3v) is 3.12. The van der Waals surface area contributed by atoms with Crippen molar-refractivity contribution in [3.63, 3.8) is 0 Å². The van der Waals surface area contributed by atoms with Gasteiger partial charge in [0.1, 0.15) is 12.4 Å². The van der Waals surface area contributed by atoms with Crippen LogP contribution in [0.1, 0.15) is 27.2 Å². The number of hydrogen-bond donors (Lipinski definition) is 1. The highest BCUT2D eigenvalue weighted by Crippen LogP contribution is 2.34. The van der Waals surface area contributed by atoms with Gasteiger partial charge in [0, 0.05) is 0 Å². The Hall–Kier alpha value is -0.180. The first kappa shape index (κ1) is 13.9. The maximum atomic E-state index is 9.15. The van der Waals surface area contributed by atoms with Gasteiger partial charge in [-0.15, -0.1) is 11.6 Å². The Morgan fingerprint density at radius 2 is 2.12 bits per heavy atom. The number of rotatable bonds is 4. The highest BCUT2D eigenvalue weighted by atomic mass is 35.5. The summed E-state index contributed by atoms with van der Waals surface area (Å²) in [6.07, 6.45) is 2.16. The van der Waals surface area contributed by atoms with Crippen LogP contribution in [0.5, 0.6) is 0 Å². The molecule has 0 aromatic heterocycles. The van der Waals surface area contributed by atoms with Gasteiger partial charge in [0.25, 0.3) is 0 Å². The molecule has 1 aliphatic carbocycles. The monoisotopic (exact) mass is 264 g/mol. The molecule has 1 rings (SSSR count). The lowest BCUT2D eigenvalue weighted by Gasteiger charge is -2.24. The molecule has 92 valence electrons. The quantitative estimate of drug-likeness (QED) is 0.789. The summed E-state index contributed by atoms with van der Waals surface area (Å²) in [6, 6.07) is 0. The molecule has 0 fully saturated rings. The average Bonchev–Trinajstić information content (AvgIpc) is 2.15. The van der Waals surface area contributed by atoms with Gasteiger partial charge in [-0.2, -0.15) is 0 Å². The molecular weight excluding hydrogens is 247 g/mol. The number of allylic oxidation sites excluding steroid dienone is 4. The van der Waals surface area contributed by atoms with Gasteiger partial charge < -0.3 is 9.84 Å². The van der Waals surface area contributed by atoms with E-state index < -0.39 is 6.10 Å². The zero-order valence-electron chi connectivity index (χ0n) is 9.84. The second-order valence-corrected chi connectivity index (χ2v) is 5.35. The van der Waals surface area contributed by atoms with E-state index >= 15 is 0 Å². The highest BCUT2D eigenvalue weighted by Gasteiger charge is 2.24. The minimum Gasteiger partial charge on any atom is -0.492 e. The van der Waals surface area contributed by atoms with E-state index in [0.717, 1.165) is 6.42 Å². The van der Waals surface area contributed by atoms with E-state index in [9.17, 15) is 0 Å². The number of alkyl halides is 1. The Morgan fingerprint density at radius 3 is 2.56 bits per heavy atom. The van der Waals surface area contributed by atoms with Crippen LogP contribution in [0.2, 0.25) is 0 Å². The third kappa shape index (κ3) is 3.69. The Bertz CT molecular complexity index is 306. The van der Waals surface area contributed by atoms with Crippen molar-refractivity contribution < 1.29 is 9.84 Å². The fourth-order valence-corrected chi connectivity index (χ4v) is 2.26. The first-order valence-corrected chi connectivity index (χ1v) is 6.28. The van der Waals surface area contributed by atoms with Gasteiger partial charge in [-0.3, -0.25) is 0 Å². The number of hydrogen-bond acceptors (Lipinski definition) is 2. The molecule has 0 heterocycles. The second-order valence-electron chi connectivity index (χ2n) is 4.42. The van der Waals surface area contributed by atoms with E-state index in [2.05, 4.69) is 13.8 Å². The van der Waals surface area contributed by atoms with E-state index in [4.69, 9.17) is 33.0 Å². The van der Waals surface area contributed by atoms with Gasteiger partial charge in [-0.1, -0.05) is 31.0 Å². The Morgan fingerprint density at radius 1 is 1.50 bits per heavy atom. The molecule has 0 spiro atoms. The SMILES string of the molecule is CC(O)COC1=C(Cl)C=C(C(C)C)CC1Cl. The maximum absolute atomic E-state index is 9.15. The molecule has 2 unspecified atom stereocenters. The van der Waals surface area contributed by atoms with Gasteiger partial charge in [-0.25, -0.2) is 0 Å². The number of aliphatic hydroxyl groups excluding tert-OH is 1. The van der Waals surface area contributed by atoms with Crippen molar-refractivity contribution in [2.45, 2.75) is 38.7 Å². The molecular formula is C12H18Cl2O2. The van der Waals surface area contributed by atoms with Gasteiger partial charge >= 0.3 is 0 Å². The topological polar surface area (TPSA) is 29.5 Å². The minimum absolute atomic E-state index is 0.222. The van der Waals surface area contributed by atoms with E-state index in [-0.39, 0.29) is 12.0 Å². The van der Waals surface area contributed by atoms with E-state index in [0.29, 0.717) is 16.7 Å². The summed E-state index contributed by atoms with van der Waals surface area (Å²) in [4.78, 5) is 0. The summed E-state index contributed by atoms with van der Waals surface area (Å²) in [5.41, 5.74) is 1.23. The van der Waals surface area contributed by atoms with Crippen LogP contribution in [0.3, 0.4) is 0 Å². The molecule has 0 radical (unpaired) electrons. The molecule has 4 heteroatoms. The highest BCUT2D eigenvalue weighted by molar-refractivity contribution is 6.33. The fraction of sp³-hybridized carbons (Fsp3) is 0.667. The number of aliphatic hydroxyl groups is 1. The molecule has 0 amide bonds. The standard InChI is InChI=1S/C12H18Cl2O2/c1-7(2)9-4-10(13)12(11(14)5-9)16-6-8(3)15/h4,7-8,11,15H,5-6H2,1-3H3. The first-order chi connectivity index (χ1) is 7.41. The normalized spacial score (nSPS) is 23.4. The van der Waals surface area contributed by atoms with E-state index in [1.807, 2.05) is 6.08 Å². The van der Waals surface area contributed by atoms with E-state index in [1.54, 1.807) is 6.92 Å². The lowest BCUT2D eigenvalue weighted by Crippen LogP contribution is -2.19. The summed E-state index contributed by atoms with van der Waals surface area (Å²) in [5.74, 6) is 1.02. The van der Waals surface area contributed by atoms with Crippen molar-refractivity contribution in [2.24, 2.45) is 5.92 Å². The fourth-order valence-electron chi connectivity index (χ4n) is 1.51. The Labute approximate surface area is 107 Å². The van der Waals surface area contributed by atoms with Gasteiger partial charge in [-0.05, 0) is 25.3 Å². The van der Waals surface area contributed by atoms with Gasteiger partial charge in [0.2, 0.25) is 0 Å². The molecule has 0 aromatic carbocycles. The number of halogens is 2.